The van der Waals surface area contributed by atoms with E-state index in [4.69, 9.17) is 9.47 Å². The Balaban J connectivity index is 1.72. The molecule has 5 nitrogen and oxygen atoms in total. The summed E-state index contributed by atoms with van der Waals surface area (Å²) in [5.74, 6) is -0.831. The minimum atomic E-state index is -0.802. The van der Waals surface area contributed by atoms with Crippen molar-refractivity contribution in [1.29, 1.82) is 0 Å². The molecule has 1 N–H and O–H groups in total. The zero-order valence-electron chi connectivity index (χ0n) is 11.7. The van der Waals surface area contributed by atoms with Gasteiger partial charge in [-0.2, -0.15) is 0 Å². The molecule has 1 saturated heterocycles. The smallest absolute Gasteiger partial charge is 0.347 e. The number of aromatic hydroxyl groups is 1. The highest BCUT2D eigenvalue weighted by atomic mass is 16.6. The lowest BCUT2D eigenvalue weighted by molar-refractivity contribution is -0.145. The number of phenols is 1. The molecule has 2 aromatic carbocycles. The third-order valence-electron chi connectivity index (χ3n) is 3.46. The summed E-state index contributed by atoms with van der Waals surface area (Å²) in [6.07, 6.45) is -0.403. The number of ether oxygens (including phenoxy) is 2. The van der Waals surface area contributed by atoms with E-state index >= 15 is 0 Å². The SMILES string of the molecule is O=C(O[C@@H]1CCOC1=O)c1ccc(-c2ccc(O)cc2)cc1. The largest absolute Gasteiger partial charge is 0.508 e. The second kappa shape index (κ2) is 5.89. The van der Waals surface area contributed by atoms with E-state index in [0.717, 1.165) is 11.1 Å². The van der Waals surface area contributed by atoms with Crippen molar-refractivity contribution in [3.8, 4) is 16.9 Å². The van der Waals surface area contributed by atoms with E-state index in [1.165, 1.54) is 0 Å². The van der Waals surface area contributed by atoms with E-state index in [1.807, 2.05) is 0 Å². The van der Waals surface area contributed by atoms with Gasteiger partial charge in [-0.15, -0.1) is 0 Å². The predicted octanol–water partition coefficient (Wildman–Crippen LogP) is 2.53. The van der Waals surface area contributed by atoms with Crippen molar-refractivity contribution in [3.05, 3.63) is 54.1 Å². The summed E-state index contributed by atoms with van der Waals surface area (Å²) in [5.41, 5.74) is 2.22. The van der Waals surface area contributed by atoms with Crippen LogP contribution in [-0.2, 0) is 14.3 Å². The van der Waals surface area contributed by atoms with Gasteiger partial charge in [-0.3, -0.25) is 0 Å². The van der Waals surface area contributed by atoms with Gasteiger partial charge in [-0.05, 0) is 35.4 Å². The van der Waals surface area contributed by atoms with Crippen LogP contribution in [0.4, 0.5) is 0 Å². The molecular formula is C17H14O5. The predicted molar refractivity (Wildman–Crippen MR) is 78.3 cm³/mol. The monoisotopic (exact) mass is 298 g/mol. The Morgan fingerprint density at radius 2 is 1.64 bits per heavy atom. The second-order valence-electron chi connectivity index (χ2n) is 4.97. The third-order valence-corrected chi connectivity index (χ3v) is 3.46. The quantitative estimate of drug-likeness (QED) is 0.882. The maximum absolute atomic E-state index is 12.0. The molecule has 0 saturated carbocycles. The molecule has 0 spiro atoms. The van der Waals surface area contributed by atoms with Crippen LogP contribution in [0, 0.1) is 0 Å². The molecule has 2 aromatic rings. The Kier molecular flexibility index (Phi) is 3.78. The molecule has 22 heavy (non-hydrogen) atoms. The maximum Gasteiger partial charge on any atom is 0.347 e. The van der Waals surface area contributed by atoms with Crippen molar-refractivity contribution in [2.45, 2.75) is 12.5 Å². The number of hydrogen-bond acceptors (Lipinski definition) is 5. The zero-order valence-corrected chi connectivity index (χ0v) is 11.7. The Labute approximate surface area is 127 Å². The van der Waals surface area contributed by atoms with Gasteiger partial charge in [0.15, 0.2) is 0 Å². The van der Waals surface area contributed by atoms with E-state index in [2.05, 4.69) is 0 Å². The Hall–Kier alpha value is -2.82. The minimum Gasteiger partial charge on any atom is -0.508 e. The number of cyclic esters (lactones) is 1. The fraction of sp³-hybridized carbons (Fsp3) is 0.176. The lowest BCUT2D eigenvalue weighted by Crippen LogP contribution is -2.22. The first-order valence-electron chi connectivity index (χ1n) is 6.90. The first kappa shape index (κ1) is 14.1. The zero-order chi connectivity index (χ0) is 15.5. The highest BCUT2D eigenvalue weighted by molar-refractivity contribution is 5.92. The number of benzene rings is 2. The molecule has 1 atom stereocenters. The molecule has 1 fully saturated rings. The van der Waals surface area contributed by atoms with Crippen molar-refractivity contribution in [3.63, 3.8) is 0 Å². The number of hydrogen-bond donors (Lipinski definition) is 1. The molecule has 112 valence electrons. The number of esters is 2. The van der Waals surface area contributed by atoms with Gasteiger partial charge in [0.2, 0.25) is 6.10 Å². The summed E-state index contributed by atoms with van der Waals surface area (Å²) >= 11 is 0. The fourth-order valence-corrected chi connectivity index (χ4v) is 2.23. The standard InChI is InChI=1S/C17H14O5/c18-14-7-5-12(6-8-14)11-1-3-13(4-2-11)16(19)22-15-9-10-21-17(15)20/h1-8,15,18H,9-10H2/t15-/m1/s1. The highest BCUT2D eigenvalue weighted by Gasteiger charge is 2.30. The normalized spacial score (nSPS) is 17.1. The van der Waals surface area contributed by atoms with E-state index in [1.54, 1.807) is 48.5 Å². The highest BCUT2D eigenvalue weighted by Crippen LogP contribution is 2.22. The van der Waals surface area contributed by atoms with Gasteiger partial charge in [0.25, 0.3) is 0 Å². The number of carbonyl (C=O) groups excluding carboxylic acids is 2. The molecule has 0 amide bonds. The van der Waals surface area contributed by atoms with E-state index in [0.29, 0.717) is 12.0 Å². The van der Waals surface area contributed by atoms with Crippen LogP contribution in [-0.4, -0.2) is 29.8 Å². The molecule has 1 aliphatic rings. The van der Waals surface area contributed by atoms with Crippen LogP contribution in [0.1, 0.15) is 16.8 Å². The minimum absolute atomic E-state index is 0.201. The molecule has 0 unspecified atom stereocenters. The fourth-order valence-electron chi connectivity index (χ4n) is 2.23. The Bertz CT molecular complexity index is 688. The van der Waals surface area contributed by atoms with Gasteiger partial charge < -0.3 is 14.6 Å². The van der Waals surface area contributed by atoms with Gasteiger partial charge >= 0.3 is 11.9 Å². The lowest BCUT2D eigenvalue weighted by Gasteiger charge is -2.09. The van der Waals surface area contributed by atoms with E-state index in [-0.39, 0.29) is 12.4 Å². The second-order valence-corrected chi connectivity index (χ2v) is 4.97. The van der Waals surface area contributed by atoms with Crippen LogP contribution in [0.2, 0.25) is 0 Å². The molecule has 5 heteroatoms. The number of phenolic OH excluding ortho intramolecular Hbond substituents is 1. The van der Waals surface area contributed by atoms with Crippen LogP contribution >= 0.6 is 0 Å². The van der Waals surface area contributed by atoms with Gasteiger partial charge in [0.1, 0.15) is 5.75 Å². The van der Waals surface area contributed by atoms with Gasteiger partial charge in [0.05, 0.1) is 12.2 Å². The summed E-state index contributed by atoms with van der Waals surface area (Å²) in [7, 11) is 0. The van der Waals surface area contributed by atoms with Gasteiger partial charge in [-0.25, -0.2) is 9.59 Å². The van der Waals surface area contributed by atoms with Crippen LogP contribution in [0.15, 0.2) is 48.5 Å². The summed E-state index contributed by atoms with van der Waals surface area (Å²) in [6.45, 7) is 0.288. The van der Waals surface area contributed by atoms with Crippen LogP contribution in [0.5, 0.6) is 5.75 Å². The van der Waals surface area contributed by atoms with Crippen molar-refractivity contribution >= 4 is 11.9 Å². The third kappa shape index (κ3) is 2.93. The van der Waals surface area contributed by atoms with Gasteiger partial charge in [-0.1, -0.05) is 24.3 Å². The number of rotatable bonds is 3. The molecule has 1 heterocycles. The molecular weight excluding hydrogens is 284 g/mol. The first-order chi connectivity index (χ1) is 10.6. The Morgan fingerprint density at radius 3 is 2.18 bits per heavy atom. The summed E-state index contributed by atoms with van der Waals surface area (Å²) in [4.78, 5) is 23.3. The molecule has 0 aliphatic carbocycles. The molecule has 3 rings (SSSR count). The number of carbonyl (C=O) groups is 2. The molecule has 0 bridgehead atoms. The van der Waals surface area contributed by atoms with Crippen LogP contribution in [0.3, 0.4) is 0 Å². The summed E-state index contributed by atoms with van der Waals surface area (Å²) < 4.78 is 9.88. The maximum atomic E-state index is 12.0. The van der Waals surface area contributed by atoms with E-state index in [9.17, 15) is 14.7 Å². The molecule has 0 radical (unpaired) electrons. The Morgan fingerprint density at radius 1 is 1.05 bits per heavy atom. The summed E-state index contributed by atoms with van der Waals surface area (Å²) in [5, 5.41) is 9.28. The van der Waals surface area contributed by atoms with Gasteiger partial charge in [0, 0.05) is 6.42 Å². The average molecular weight is 298 g/mol. The summed E-state index contributed by atoms with van der Waals surface area (Å²) in [6, 6.07) is 13.6. The van der Waals surface area contributed by atoms with Crippen LogP contribution in [0.25, 0.3) is 11.1 Å². The molecule has 1 aliphatic heterocycles. The molecule has 0 aromatic heterocycles. The van der Waals surface area contributed by atoms with Crippen molar-refractivity contribution in [1.82, 2.24) is 0 Å². The van der Waals surface area contributed by atoms with Crippen LogP contribution < -0.4 is 0 Å². The topological polar surface area (TPSA) is 72.8 Å². The first-order valence-corrected chi connectivity index (χ1v) is 6.90. The lowest BCUT2D eigenvalue weighted by atomic mass is 10.0. The van der Waals surface area contributed by atoms with Crippen molar-refractivity contribution < 1.29 is 24.2 Å². The van der Waals surface area contributed by atoms with Crippen molar-refractivity contribution in [2.75, 3.05) is 6.61 Å². The van der Waals surface area contributed by atoms with E-state index < -0.39 is 18.0 Å². The average Bonchev–Trinajstić information content (AvgIpc) is 2.93. The van der Waals surface area contributed by atoms with Crippen molar-refractivity contribution in [2.24, 2.45) is 0 Å².